The molecule has 1 saturated heterocycles. The van der Waals surface area contributed by atoms with Gasteiger partial charge < -0.3 is 10.2 Å². The van der Waals surface area contributed by atoms with E-state index >= 15 is 0 Å². The molecule has 33 heavy (non-hydrogen) atoms. The van der Waals surface area contributed by atoms with Crippen molar-refractivity contribution in [2.45, 2.75) is 24.6 Å². The molecule has 1 N–H and O–H groups in total. The zero-order chi connectivity index (χ0) is 24.2. The summed E-state index contributed by atoms with van der Waals surface area (Å²) in [5, 5.41) is 11.3. The quantitative estimate of drug-likeness (QED) is 0.683. The van der Waals surface area contributed by atoms with Gasteiger partial charge in [-0.1, -0.05) is 24.3 Å². The highest BCUT2D eigenvalue weighted by Gasteiger charge is 2.47. The summed E-state index contributed by atoms with van der Waals surface area (Å²) < 4.78 is 65.0. The Morgan fingerprint density at radius 2 is 1.91 bits per heavy atom. The minimum absolute atomic E-state index is 0.115. The molecule has 2 heterocycles. The molecule has 3 rings (SSSR count). The van der Waals surface area contributed by atoms with Gasteiger partial charge in [0.15, 0.2) is 0 Å². The van der Waals surface area contributed by atoms with Gasteiger partial charge >= 0.3 is 6.18 Å². The molecule has 11 heteroatoms. The third kappa shape index (κ3) is 5.91. The molecule has 0 aliphatic carbocycles. The number of pyridine rings is 1. The third-order valence-corrected chi connectivity index (χ3v) is 4.93. The van der Waals surface area contributed by atoms with E-state index in [1.165, 1.54) is 42.7 Å². The van der Waals surface area contributed by atoms with Crippen molar-refractivity contribution in [2.75, 3.05) is 13.1 Å². The van der Waals surface area contributed by atoms with E-state index in [-0.39, 0.29) is 5.56 Å². The van der Waals surface area contributed by atoms with E-state index in [0.29, 0.717) is 11.1 Å². The highest BCUT2D eigenvalue weighted by Crippen LogP contribution is 2.31. The summed E-state index contributed by atoms with van der Waals surface area (Å²) in [5.74, 6) is -4.67. The summed E-state index contributed by atoms with van der Waals surface area (Å²) in [6.07, 6.45) is 0.434. The van der Waals surface area contributed by atoms with Crippen LogP contribution in [0.2, 0.25) is 0 Å². The maximum absolute atomic E-state index is 13.5. The van der Waals surface area contributed by atoms with Gasteiger partial charge in [-0.05, 0) is 23.8 Å². The first-order valence-corrected chi connectivity index (χ1v) is 9.65. The lowest BCUT2D eigenvalue weighted by molar-refractivity contribution is -0.137. The van der Waals surface area contributed by atoms with Crippen LogP contribution in [0.5, 0.6) is 0 Å². The second-order valence-corrected chi connectivity index (χ2v) is 7.33. The van der Waals surface area contributed by atoms with Crippen molar-refractivity contribution in [1.29, 1.82) is 5.26 Å². The van der Waals surface area contributed by atoms with E-state index in [2.05, 4.69) is 10.3 Å². The number of nitrogens with one attached hydrogen (secondary N) is 1. The van der Waals surface area contributed by atoms with Crippen LogP contribution in [0.4, 0.5) is 22.0 Å². The number of hydrogen-bond acceptors (Lipinski definition) is 4. The van der Waals surface area contributed by atoms with Crippen LogP contribution in [0.15, 0.2) is 42.7 Å². The molecular weight excluding hydrogens is 447 g/mol. The molecule has 0 saturated carbocycles. The Morgan fingerprint density at radius 1 is 1.21 bits per heavy atom. The molecule has 6 nitrogen and oxygen atoms in total. The summed E-state index contributed by atoms with van der Waals surface area (Å²) >= 11 is 0. The number of alkyl halides is 5. The van der Waals surface area contributed by atoms with Crippen molar-refractivity contribution >= 4 is 24.0 Å². The first kappa shape index (κ1) is 23.8. The van der Waals surface area contributed by atoms with Gasteiger partial charge in [0, 0.05) is 29.9 Å². The standard InChI is InChI=1S/C22H17F5N4O2/c23-21(24)9-17(10-28)31(13-21)19(32)12-30-20(33)18-7-8-29-11-15(18)4-1-14-2-5-16(6-3-14)22(25,26)27/h1-8,11,17H,9,12-13H2,(H,30,33)/b4-1+/t17-/m0/s1. The summed E-state index contributed by atoms with van der Waals surface area (Å²) in [6.45, 7) is -1.48. The smallest absolute Gasteiger partial charge is 0.343 e. The molecule has 2 aromatic rings. The summed E-state index contributed by atoms with van der Waals surface area (Å²) in [4.78, 5) is 29.4. The van der Waals surface area contributed by atoms with Gasteiger partial charge in [0.05, 0.1) is 24.7 Å². The Morgan fingerprint density at radius 3 is 2.55 bits per heavy atom. The van der Waals surface area contributed by atoms with E-state index < -0.39 is 55.0 Å². The number of benzene rings is 1. The van der Waals surface area contributed by atoms with Gasteiger partial charge in [-0.25, -0.2) is 8.78 Å². The van der Waals surface area contributed by atoms with Crippen LogP contribution >= 0.6 is 0 Å². The zero-order valence-electron chi connectivity index (χ0n) is 16.9. The van der Waals surface area contributed by atoms with Crippen molar-refractivity contribution < 1.29 is 31.5 Å². The van der Waals surface area contributed by atoms with Crippen molar-refractivity contribution in [3.8, 4) is 6.07 Å². The Hall–Kier alpha value is -3.81. The maximum atomic E-state index is 13.5. The monoisotopic (exact) mass is 464 g/mol. The van der Waals surface area contributed by atoms with Crippen LogP contribution in [0.3, 0.4) is 0 Å². The Labute approximate surface area is 185 Å². The van der Waals surface area contributed by atoms with Crippen LogP contribution in [0, 0.1) is 11.3 Å². The predicted molar refractivity (Wildman–Crippen MR) is 108 cm³/mol. The fourth-order valence-electron chi connectivity index (χ4n) is 3.26. The molecule has 0 bridgehead atoms. The third-order valence-electron chi connectivity index (χ3n) is 4.93. The van der Waals surface area contributed by atoms with Gasteiger partial charge in [-0.15, -0.1) is 0 Å². The average Bonchev–Trinajstić information content (AvgIpc) is 3.10. The number of hydrogen-bond donors (Lipinski definition) is 1. The molecule has 2 amide bonds. The van der Waals surface area contributed by atoms with E-state index in [9.17, 15) is 31.5 Å². The van der Waals surface area contributed by atoms with Gasteiger partial charge in [0.25, 0.3) is 11.8 Å². The molecule has 1 aromatic carbocycles. The molecule has 0 radical (unpaired) electrons. The van der Waals surface area contributed by atoms with Gasteiger partial charge in [0.2, 0.25) is 5.91 Å². The Balaban J connectivity index is 1.67. The van der Waals surface area contributed by atoms with Crippen LogP contribution in [0.25, 0.3) is 12.2 Å². The number of halogens is 5. The topological polar surface area (TPSA) is 86.1 Å². The fourth-order valence-corrected chi connectivity index (χ4v) is 3.26. The van der Waals surface area contributed by atoms with Crippen LogP contribution in [-0.4, -0.2) is 46.8 Å². The Kier molecular flexibility index (Phi) is 6.76. The summed E-state index contributed by atoms with van der Waals surface area (Å²) in [6, 6.07) is 6.15. The SMILES string of the molecule is N#C[C@@H]1CC(F)(F)CN1C(=O)CNC(=O)c1ccncc1/C=C/c1ccc(C(F)(F)F)cc1. The van der Waals surface area contributed by atoms with Crippen LogP contribution < -0.4 is 5.32 Å². The number of nitriles is 1. The number of aromatic nitrogens is 1. The minimum atomic E-state index is -4.45. The van der Waals surface area contributed by atoms with Gasteiger partial charge in [0.1, 0.15) is 6.04 Å². The summed E-state index contributed by atoms with van der Waals surface area (Å²) in [7, 11) is 0. The first-order chi connectivity index (χ1) is 15.5. The van der Waals surface area contributed by atoms with E-state index in [0.717, 1.165) is 17.0 Å². The second kappa shape index (κ2) is 9.36. The molecule has 0 spiro atoms. The van der Waals surface area contributed by atoms with Gasteiger partial charge in [-0.2, -0.15) is 18.4 Å². The number of nitrogens with zero attached hydrogens (tertiary/aromatic N) is 3. The number of likely N-dealkylation sites (tertiary alicyclic amines) is 1. The molecule has 0 unspecified atom stereocenters. The van der Waals surface area contributed by atoms with Gasteiger partial charge in [-0.3, -0.25) is 14.6 Å². The van der Waals surface area contributed by atoms with Crippen LogP contribution in [-0.2, 0) is 11.0 Å². The molecular formula is C22H17F5N4O2. The maximum Gasteiger partial charge on any atom is 0.416 e. The number of amides is 2. The fraction of sp³-hybridized carbons (Fsp3) is 0.273. The van der Waals surface area contributed by atoms with Crippen molar-refractivity contribution in [3.05, 3.63) is 65.0 Å². The lowest BCUT2D eigenvalue weighted by Gasteiger charge is -2.19. The minimum Gasteiger partial charge on any atom is -0.343 e. The van der Waals surface area contributed by atoms with Crippen molar-refractivity contribution in [1.82, 2.24) is 15.2 Å². The molecule has 1 aliphatic heterocycles. The van der Waals surface area contributed by atoms with Crippen molar-refractivity contribution in [3.63, 3.8) is 0 Å². The predicted octanol–water partition coefficient (Wildman–Crippen LogP) is 3.76. The molecule has 1 aliphatic rings. The van der Waals surface area contributed by atoms with E-state index in [1.807, 2.05) is 0 Å². The Bertz CT molecular complexity index is 1110. The lowest BCUT2D eigenvalue weighted by Crippen LogP contribution is -2.43. The first-order valence-electron chi connectivity index (χ1n) is 9.65. The van der Waals surface area contributed by atoms with E-state index in [1.54, 1.807) is 6.07 Å². The molecule has 172 valence electrons. The normalized spacial score (nSPS) is 17.7. The largest absolute Gasteiger partial charge is 0.416 e. The zero-order valence-corrected chi connectivity index (χ0v) is 16.9. The highest BCUT2D eigenvalue weighted by molar-refractivity contribution is 6.00. The summed E-state index contributed by atoms with van der Waals surface area (Å²) in [5.41, 5.74) is 0.0977. The average molecular weight is 464 g/mol. The lowest BCUT2D eigenvalue weighted by atomic mass is 10.1. The number of carbonyl (C=O) groups is 2. The second-order valence-electron chi connectivity index (χ2n) is 7.33. The number of carbonyl (C=O) groups excluding carboxylic acids is 2. The number of rotatable bonds is 5. The van der Waals surface area contributed by atoms with E-state index in [4.69, 9.17) is 5.26 Å². The van der Waals surface area contributed by atoms with Crippen LogP contribution in [0.1, 0.15) is 33.5 Å². The molecule has 1 atom stereocenters. The highest BCUT2D eigenvalue weighted by atomic mass is 19.4. The van der Waals surface area contributed by atoms with Crippen molar-refractivity contribution in [2.24, 2.45) is 0 Å². The molecule has 1 fully saturated rings. The molecule has 1 aromatic heterocycles.